The highest BCUT2D eigenvalue weighted by Gasteiger charge is 2.23. The van der Waals surface area contributed by atoms with Gasteiger partial charge in [0.05, 0.1) is 0 Å². The van der Waals surface area contributed by atoms with Crippen LogP contribution in [0, 0.1) is 0 Å². The molecule has 1 aliphatic heterocycles. The third-order valence-corrected chi connectivity index (χ3v) is 3.57. The molecule has 1 aromatic rings. The maximum atomic E-state index is 6.06. The molecule has 1 fully saturated rings. The first-order chi connectivity index (χ1) is 8.09. The van der Waals surface area contributed by atoms with E-state index in [1.807, 2.05) is 0 Å². The fraction of sp³-hybridized carbons (Fsp3) is 0.571. The molecule has 0 spiro atoms. The summed E-state index contributed by atoms with van der Waals surface area (Å²) >= 11 is 0. The van der Waals surface area contributed by atoms with Crippen molar-refractivity contribution in [2.45, 2.75) is 25.9 Å². The number of likely N-dealkylation sites (N-methyl/N-ethyl adjacent to an activating group) is 1. The van der Waals surface area contributed by atoms with Crippen LogP contribution in [-0.4, -0.2) is 37.6 Å². The van der Waals surface area contributed by atoms with E-state index in [1.165, 1.54) is 11.3 Å². The van der Waals surface area contributed by atoms with Crippen molar-refractivity contribution in [2.75, 3.05) is 31.6 Å². The molecular weight excluding hydrogens is 210 g/mol. The predicted molar refractivity (Wildman–Crippen MR) is 73.3 cm³/mol. The van der Waals surface area contributed by atoms with Crippen molar-refractivity contribution < 1.29 is 0 Å². The van der Waals surface area contributed by atoms with Crippen LogP contribution in [0.1, 0.15) is 25.5 Å². The molecule has 17 heavy (non-hydrogen) atoms. The van der Waals surface area contributed by atoms with E-state index < -0.39 is 0 Å². The molecule has 0 amide bonds. The molecule has 1 saturated heterocycles. The number of rotatable bonds is 2. The summed E-state index contributed by atoms with van der Waals surface area (Å²) in [4.78, 5) is 4.87. The second-order valence-corrected chi connectivity index (χ2v) is 5.15. The van der Waals surface area contributed by atoms with E-state index in [0.29, 0.717) is 6.04 Å². The Morgan fingerprint density at radius 2 is 2.00 bits per heavy atom. The molecule has 1 unspecified atom stereocenters. The van der Waals surface area contributed by atoms with Crippen LogP contribution in [0.3, 0.4) is 0 Å². The monoisotopic (exact) mass is 233 g/mol. The van der Waals surface area contributed by atoms with Gasteiger partial charge in [-0.3, -0.25) is 0 Å². The van der Waals surface area contributed by atoms with E-state index in [4.69, 9.17) is 5.73 Å². The van der Waals surface area contributed by atoms with Crippen molar-refractivity contribution in [3.63, 3.8) is 0 Å². The Bertz CT molecular complexity index is 375. The highest BCUT2D eigenvalue weighted by Crippen LogP contribution is 2.27. The van der Waals surface area contributed by atoms with Gasteiger partial charge in [0, 0.05) is 37.4 Å². The normalized spacial score (nSPS) is 23.8. The first kappa shape index (κ1) is 12.4. The summed E-state index contributed by atoms with van der Waals surface area (Å²) in [5, 5.41) is 0. The van der Waals surface area contributed by atoms with Crippen LogP contribution in [0.2, 0.25) is 0 Å². The molecule has 2 N–H and O–H groups in total. The molecule has 2 atom stereocenters. The molecule has 0 radical (unpaired) electrons. The first-order valence-corrected chi connectivity index (χ1v) is 6.39. The lowest BCUT2D eigenvalue weighted by Gasteiger charge is -2.41. The highest BCUT2D eigenvalue weighted by atomic mass is 15.3. The van der Waals surface area contributed by atoms with Crippen LogP contribution < -0.4 is 10.6 Å². The third-order valence-electron chi connectivity index (χ3n) is 3.57. The van der Waals surface area contributed by atoms with Crippen molar-refractivity contribution >= 4 is 5.69 Å². The number of nitrogens with two attached hydrogens (primary N) is 1. The Kier molecular flexibility index (Phi) is 3.69. The fourth-order valence-corrected chi connectivity index (χ4v) is 2.63. The molecule has 1 heterocycles. The average Bonchev–Trinajstić information content (AvgIpc) is 2.29. The van der Waals surface area contributed by atoms with Crippen LogP contribution in [0.25, 0.3) is 0 Å². The lowest BCUT2D eigenvalue weighted by atomic mass is 10.0. The summed E-state index contributed by atoms with van der Waals surface area (Å²) in [5.74, 6) is 0. The van der Waals surface area contributed by atoms with Gasteiger partial charge in [-0.05, 0) is 32.5 Å². The van der Waals surface area contributed by atoms with Gasteiger partial charge in [-0.25, -0.2) is 0 Å². The van der Waals surface area contributed by atoms with Gasteiger partial charge >= 0.3 is 0 Å². The summed E-state index contributed by atoms with van der Waals surface area (Å²) in [6.45, 7) is 7.67. The zero-order valence-electron chi connectivity index (χ0n) is 11.1. The second kappa shape index (κ2) is 5.07. The largest absolute Gasteiger partial charge is 0.366 e. The van der Waals surface area contributed by atoms with Crippen molar-refractivity contribution in [3.05, 3.63) is 29.8 Å². The van der Waals surface area contributed by atoms with E-state index in [-0.39, 0.29) is 6.04 Å². The average molecular weight is 233 g/mol. The molecule has 0 aromatic heterocycles. The van der Waals surface area contributed by atoms with E-state index in [9.17, 15) is 0 Å². The maximum absolute atomic E-state index is 6.06. The smallest absolute Gasteiger partial charge is 0.0417 e. The molecule has 2 rings (SSSR count). The zero-order valence-corrected chi connectivity index (χ0v) is 11.1. The van der Waals surface area contributed by atoms with E-state index >= 15 is 0 Å². The van der Waals surface area contributed by atoms with Crippen LogP contribution in [0.15, 0.2) is 24.3 Å². The number of piperazine rings is 1. The number of para-hydroxylation sites is 1. The highest BCUT2D eigenvalue weighted by molar-refractivity contribution is 5.56. The SMILES string of the molecule is CC1CN(C)CCN1c1ccccc1[C@@H](C)N. The molecule has 0 saturated carbocycles. The van der Waals surface area contributed by atoms with Crippen molar-refractivity contribution in [1.82, 2.24) is 4.90 Å². The predicted octanol–water partition coefficient (Wildman–Crippen LogP) is 1.85. The fourth-order valence-electron chi connectivity index (χ4n) is 2.63. The summed E-state index contributed by atoms with van der Waals surface area (Å²) in [6, 6.07) is 9.16. The van der Waals surface area contributed by atoms with Gasteiger partial charge in [-0.2, -0.15) is 0 Å². The zero-order chi connectivity index (χ0) is 12.4. The van der Waals surface area contributed by atoms with Crippen LogP contribution >= 0.6 is 0 Å². The van der Waals surface area contributed by atoms with Crippen molar-refractivity contribution in [1.29, 1.82) is 0 Å². The van der Waals surface area contributed by atoms with E-state index in [0.717, 1.165) is 19.6 Å². The minimum atomic E-state index is 0.0954. The minimum Gasteiger partial charge on any atom is -0.366 e. The Hall–Kier alpha value is -1.06. The Balaban J connectivity index is 2.27. The van der Waals surface area contributed by atoms with Gasteiger partial charge in [0.2, 0.25) is 0 Å². The summed E-state index contributed by atoms with van der Waals surface area (Å²) in [5.41, 5.74) is 8.62. The molecule has 94 valence electrons. The number of benzene rings is 1. The lowest BCUT2D eigenvalue weighted by Crippen LogP contribution is -2.50. The summed E-state index contributed by atoms with van der Waals surface area (Å²) in [7, 11) is 2.19. The summed E-state index contributed by atoms with van der Waals surface area (Å²) in [6.07, 6.45) is 0. The number of anilines is 1. The quantitative estimate of drug-likeness (QED) is 0.846. The summed E-state index contributed by atoms with van der Waals surface area (Å²) < 4.78 is 0. The topological polar surface area (TPSA) is 32.5 Å². The standard InChI is InChI=1S/C14H23N3/c1-11-10-16(3)8-9-17(11)14-7-5-4-6-13(14)12(2)15/h4-7,11-12H,8-10,15H2,1-3H3/t11?,12-/m1/s1. The van der Waals surface area contributed by atoms with Gasteiger partial charge in [0.15, 0.2) is 0 Å². The van der Waals surface area contributed by atoms with Gasteiger partial charge in [-0.1, -0.05) is 18.2 Å². The van der Waals surface area contributed by atoms with E-state index in [1.54, 1.807) is 0 Å². The van der Waals surface area contributed by atoms with Gasteiger partial charge < -0.3 is 15.5 Å². The second-order valence-electron chi connectivity index (χ2n) is 5.15. The van der Waals surface area contributed by atoms with Crippen molar-refractivity contribution in [3.8, 4) is 0 Å². The lowest BCUT2D eigenvalue weighted by molar-refractivity contribution is 0.275. The molecule has 3 nitrogen and oxygen atoms in total. The third kappa shape index (κ3) is 2.61. The Morgan fingerprint density at radius 3 is 2.65 bits per heavy atom. The van der Waals surface area contributed by atoms with Gasteiger partial charge in [0.1, 0.15) is 0 Å². The molecule has 3 heteroatoms. The number of nitrogens with zero attached hydrogens (tertiary/aromatic N) is 2. The van der Waals surface area contributed by atoms with Crippen LogP contribution in [-0.2, 0) is 0 Å². The molecule has 1 aromatic carbocycles. The van der Waals surface area contributed by atoms with E-state index in [2.05, 4.69) is 55.0 Å². The Morgan fingerprint density at radius 1 is 1.29 bits per heavy atom. The maximum Gasteiger partial charge on any atom is 0.0417 e. The van der Waals surface area contributed by atoms with Crippen LogP contribution in [0.5, 0.6) is 0 Å². The molecular formula is C14H23N3. The first-order valence-electron chi connectivity index (χ1n) is 6.39. The Labute approximate surface area is 104 Å². The number of hydrogen-bond donors (Lipinski definition) is 1. The molecule has 1 aliphatic rings. The molecule has 0 aliphatic carbocycles. The van der Waals surface area contributed by atoms with Crippen LogP contribution in [0.4, 0.5) is 5.69 Å². The van der Waals surface area contributed by atoms with Gasteiger partial charge in [-0.15, -0.1) is 0 Å². The minimum absolute atomic E-state index is 0.0954. The van der Waals surface area contributed by atoms with Crippen molar-refractivity contribution in [2.24, 2.45) is 5.73 Å². The molecule has 0 bridgehead atoms. The number of hydrogen-bond acceptors (Lipinski definition) is 3. The van der Waals surface area contributed by atoms with Gasteiger partial charge in [0.25, 0.3) is 0 Å².